The summed E-state index contributed by atoms with van der Waals surface area (Å²) in [6, 6.07) is 3.73. The maximum atomic E-state index is 11.6. The molecule has 3 rings (SSSR count). The van der Waals surface area contributed by atoms with Gasteiger partial charge >= 0.3 is 0 Å². The summed E-state index contributed by atoms with van der Waals surface area (Å²) in [5.41, 5.74) is 1.74. The third-order valence-electron chi connectivity index (χ3n) is 4.43. The first-order valence-corrected chi connectivity index (χ1v) is 9.77. The lowest BCUT2D eigenvalue weighted by atomic mass is 9.79. The van der Waals surface area contributed by atoms with Gasteiger partial charge in [-0.3, -0.25) is 5.10 Å². The minimum Gasteiger partial charge on any atom is -0.370 e. The molecule has 1 aliphatic heterocycles. The van der Waals surface area contributed by atoms with Gasteiger partial charge in [0.15, 0.2) is 0 Å². The molecule has 1 aromatic heterocycles. The Morgan fingerprint density at radius 2 is 2.17 bits per heavy atom. The molecule has 0 spiro atoms. The number of halogens is 1. The number of hydrogen-bond acceptors (Lipinski definition) is 4. The predicted molar refractivity (Wildman–Crippen MR) is 93.5 cm³/mol. The normalized spacial score (nSPS) is 21.7. The van der Waals surface area contributed by atoms with E-state index >= 15 is 0 Å². The number of aromatic amines is 1. The number of aromatic nitrogens is 2. The van der Waals surface area contributed by atoms with Crippen LogP contribution < -0.4 is 9.62 Å². The van der Waals surface area contributed by atoms with E-state index < -0.39 is 10.0 Å². The van der Waals surface area contributed by atoms with Crippen molar-refractivity contribution in [2.45, 2.75) is 26.3 Å². The summed E-state index contributed by atoms with van der Waals surface area (Å²) in [5.74, 6) is 0. The van der Waals surface area contributed by atoms with Crippen LogP contribution in [0.5, 0.6) is 0 Å². The highest BCUT2D eigenvalue weighted by Crippen LogP contribution is 2.36. The molecule has 126 valence electrons. The Morgan fingerprint density at radius 1 is 1.43 bits per heavy atom. The van der Waals surface area contributed by atoms with Gasteiger partial charge in [0.1, 0.15) is 0 Å². The van der Waals surface area contributed by atoms with Gasteiger partial charge in [-0.25, -0.2) is 13.1 Å². The number of hydrogen-bond donors (Lipinski definition) is 2. The topological polar surface area (TPSA) is 78.1 Å². The molecule has 6 nitrogen and oxygen atoms in total. The van der Waals surface area contributed by atoms with Gasteiger partial charge in [0.05, 0.1) is 18.0 Å². The first-order valence-electron chi connectivity index (χ1n) is 7.51. The molecule has 1 aromatic carbocycles. The number of sulfonamides is 1. The van der Waals surface area contributed by atoms with Gasteiger partial charge in [-0.05, 0) is 24.0 Å². The Bertz CT molecular complexity index is 831. The fourth-order valence-corrected chi connectivity index (χ4v) is 4.47. The van der Waals surface area contributed by atoms with Crippen LogP contribution in [0.3, 0.4) is 0 Å². The minimum absolute atomic E-state index is 0.0761. The number of H-pyrrole nitrogens is 1. The fourth-order valence-electron chi connectivity index (χ4n) is 3.30. The number of fused-ring (bicyclic) bond motifs is 1. The van der Waals surface area contributed by atoms with E-state index in [4.69, 9.17) is 11.6 Å². The van der Waals surface area contributed by atoms with Crippen LogP contribution in [-0.4, -0.2) is 44.0 Å². The number of benzene rings is 1. The SMILES string of the molecule is CC1(C)CN(c2cc(Cl)cc3[nH]ncc23)CCC1NS(C)(=O)=O. The second-order valence-corrected chi connectivity index (χ2v) is 9.11. The van der Waals surface area contributed by atoms with Crippen molar-refractivity contribution < 1.29 is 8.42 Å². The zero-order valence-electron chi connectivity index (χ0n) is 13.4. The van der Waals surface area contributed by atoms with Crippen LogP contribution >= 0.6 is 11.6 Å². The Hall–Kier alpha value is -1.31. The van der Waals surface area contributed by atoms with Crippen molar-refractivity contribution in [3.8, 4) is 0 Å². The highest BCUT2D eigenvalue weighted by atomic mass is 35.5. The molecule has 1 aliphatic rings. The molecule has 0 bridgehead atoms. The van der Waals surface area contributed by atoms with Crippen LogP contribution in [0.15, 0.2) is 18.3 Å². The van der Waals surface area contributed by atoms with Gasteiger partial charge in [-0.15, -0.1) is 0 Å². The van der Waals surface area contributed by atoms with Crippen LogP contribution in [0.4, 0.5) is 5.69 Å². The molecule has 2 N–H and O–H groups in total. The van der Waals surface area contributed by atoms with Gasteiger partial charge in [0, 0.05) is 35.2 Å². The van der Waals surface area contributed by atoms with E-state index in [1.165, 1.54) is 6.26 Å². The van der Waals surface area contributed by atoms with Gasteiger partial charge in [0.2, 0.25) is 10.0 Å². The molecule has 1 fully saturated rings. The lowest BCUT2D eigenvalue weighted by molar-refractivity contribution is 0.229. The molecule has 8 heteroatoms. The van der Waals surface area contributed by atoms with Gasteiger partial charge in [-0.2, -0.15) is 5.10 Å². The Morgan fingerprint density at radius 3 is 2.83 bits per heavy atom. The van der Waals surface area contributed by atoms with E-state index in [2.05, 4.69) is 33.7 Å². The second kappa shape index (κ2) is 5.65. The second-order valence-electron chi connectivity index (χ2n) is 6.90. The van der Waals surface area contributed by atoms with Crippen molar-refractivity contribution >= 4 is 38.2 Å². The average molecular weight is 357 g/mol. The Labute approximate surface area is 141 Å². The predicted octanol–water partition coefficient (Wildman–Crippen LogP) is 2.37. The maximum absolute atomic E-state index is 11.6. The first kappa shape index (κ1) is 16.5. The van der Waals surface area contributed by atoms with Crippen LogP contribution in [0.1, 0.15) is 20.3 Å². The summed E-state index contributed by atoms with van der Waals surface area (Å²) in [4.78, 5) is 2.25. The van der Waals surface area contributed by atoms with Crippen LogP contribution in [0.25, 0.3) is 10.9 Å². The molecule has 1 atom stereocenters. The summed E-state index contributed by atoms with van der Waals surface area (Å²) in [6.07, 6.45) is 3.75. The summed E-state index contributed by atoms with van der Waals surface area (Å²) < 4.78 is 25.9. The number of nitrogens with zero attached hydrogens (tertiary/aromatic N) is 2. The fraction of sp³-hybridized carbons (Fsp3) is 0.533. The highest BCUT2D eigenvalue weighted by molar-refractivity contribution is 7.88. The van der Waals surface area contributed by atoms with Crippen molar-refractivity contribution in [3.63, 3.8) is 0 Å². The molecule has 0 aliphatic carbocycles. The molecule has 2 aromatic rings. The van der Waals surface area contributed by atoms with Gasteiger partial charge < -0.3 is 4.90 Å². The smallest absolute Gasteiger partial charge is 0.208 e. The summed E-state index contributed by atoms with van der Waals surface area (Å²) in [5, 5.41) is 8.73. The van der Waals surface area contributed by atoms with Crippen molar-refractivity contribution in [1.29, 1.82) is 0 Å². The first-order chi connectivity index (χ1) is 10.7. The molecule has 0 amide bonds. The van der Waals surface area contributed by atoms with E-state index in [1.54, 1.807) is 6.20 Å². The van der Waals surface area contributed by atoms with Crippen LogP contribution in [0, 0.1) is 5.41 Å². The Kier molecular flexibility index (Phi) is 4.06. The summed E-state index contributed by atoms with van der Waals surface area (Å²) in [6.45, 7) is 5.66. The molecule has 1 saturated heterocycles. The van der Waals surface area contributed by atoms with Crippen molar-refractivity contribution in [2.75, 3.05) is 24.2 Å². The standard InChI is InChI=1S/C15H21ClN4O2S/c1-15(2)9-20(5-4-14(15)19-23(3,21)22)13-7-10(16)6-12-11(13)8-17-18-12/h6-8,14,19H,4-5,9H2,1-3H3,(H,17,18). The lowest BCUT2D eigenvalue weighted by Gasteiger charge is -2.45. The summed E-state index contributed by atoms with van der Waals surface area (Å²) in [7, 11) is -3.21. The van der Waals surface area contributed by atoms with Crippen molar-refractivity contribution in [2.24, 2.45) is 5.41 Å². The molecular weight excluding hydrogens is 336 g/mol. The maximum Gasteiger partial charge on any atom is 0.208 e. The van der Waals surface area contributed by atoms with Crippen molar-refractivity contribution in [3.05, 3.63) is 23.4 Å². The molecule has 0 radical (unpaired) electrons. The highest BCUT2D eigenvalue weighted by Gasteiger charge is 2.37. The number of piperidine rings is 1. The number of rotatable bonds is 3. The quantitative estimate of drug-likeness (QED) is 0.885. The largest absolute Gasteiger partial charge is 0.370 e. The van der Waals surface area contributed by atoms with Crippen LogP contribution in [-0.2, 0) is 10.0 Å². The van der Waals surface area contributed by atoms with Crippen molar-refractivity contribution in [1.82, 2.24) is 14.9 Å². The third kappa shape index (κ3) is 3.46. The van der Waals surface area contributed by atoms with E-state index in [-0.39, 0.29) is 11.5 Å². The minimum atomic E-state index is -3.21. The zero-order chi connectivity index (χ0) is 16.8. The molecule has 0 saturated carbocycles. The van der Waals surface area contributed by atoms with E-state index in [0.717, 1.165) is 36.1 Å². The van der Waals surface area contributed by atoms with E-state index in [1.807, 2.05) is 12.1 Å². The van der Waals surface area contributed by atoms with E-state index in [0.29, 0.717) is 5.02 Å². The van der Waals surface area contributed by atoms with Crippen LogP contribution in [0.2, 0.25) is 5.02 Å². The van der Waals surface area contributed by atoms with Gasteiger partial charge in [-0.1, -0.05) is 25.4 Å². The molecule has 1 unspecified atom stereocenters. The zero-order valence-corrected chi connectivity index (χ0v) is 15.0. The monoisotopic (exact) mass is 356 g/mol. The number of nitrogens with one attached hydrogen (secondary N) is 2. The lowest BCUT2D eigenvalue weighted by Crippen LogP contribution is -2.55. The average Bonchev–Trinajstić information content (AvgIpc) is 2.86. The third-order valence-corrected chi connectivity index (χ3v) is 5.36. The van der Waals surface area contributed by atoms with E-state index in [9.17, 15) is 8.42 Å². The number of anilines is 1. The molecule has 23 heavy (non-hydrogen) atoms. The summed E-state index contributed by atoms with van der Waals surface area (Å²) >= 11 is 6.22. The van der Waals surface area contributed by atoms with Gasteiger partial charge in [0.25, 0.3) is 0 Å². The molecule has 2 heterocycles. The molecular formula is C15H21ClN4O2S. The Balaban J connectivity index is 1.90.